The Labute approximate surface area is 82.9 Å². The normalized spacial score (nSPS) is 20.1. The Bertz CT molecular complexity index is 349. The number of hydrogen-bond donors (Lipinski definition) is 0. The van der Waals surface area contributed by atoms with E-state index in [2.05, 4.69) is 6.07 Å². The van der Waals surface area contributed by atoms with Gasteiger partial charge in [0.25, 0.3) is 0 Å². The molecule has 0 amide bonds. The fraction of sp³-hybridized carbons (Fsp3) is 0.455. The highest BCUT2D eigenvalue weighted by molar-refractivity contribution is 5.32. The second-order valence-corrected chi connectivity index (χ2v) is 3.80. The molecule has 74 valence electrons. The summed E-state index contributed by atoms with van der Waals surface area (Å²) in [5, 5.41) is 10.5. The third-order valence-electron chi connectivity index (χ3n) is 2.86. The Balaban J connectivity index is 2.26. The molecule has 1 aliphatic rings. The average Bonchev–Trinajstić information content (AvgIpc) is 2.18. The van der Waals surface area contributed by atoms with E-state index in [0.717, 1.165) is 19.3 Å². The van der Waals surface area contributed by atoms with Gasteiger partial charge in [-0.25, -0.2) is 0 Å². The van der Waals surface area contributed by atoms with Crippen LogP contribution in [0.4, 0.5) is 0 Å². The molecule has 14 heavy (non-hydrogen) atoms. The van der Waals surface area contributed by atoms with Crippen molar-refractivity contribution >= 4 is 0 Å². The number of fused-ring (bicyclic) bond motifs is 1. The number of nitrogens with zero attached hydrogens (tertiary/aromatic N) is 1. The molecule has 2 rings (SSSR count). The number of aryl methyl sites for hydroxylation is 1. The van der Waals surface area contributed by atoms with Crippen LogP contribution in [0, 0.1) is 10.1 Å². The zero-order valence-electron chi connectivity index (χ0n) is 7.98. The lowest BCUT2D eigenvalue weighted by Crippen LogP contribution is -2.17. The molecule has 0 bridgehead atoms. The summed E-state index contributed by atoms with van der Waals surface area (Å²) in [4.78, 5) is 10.3. The van der Waals surface area contributed by atoms with Gasteiger partial charge < -0.3 is 0 Å². The third-order valence-corrected chi connectivity index (χ3v) is 2.86. The second-order valence-electron chi connectivity index (χ2n) is 3.80. The van der Waals surface area contributed by atoms with Gasteiger partial charge in [-0.2, -0.15) is 0 Å². The third kappa shape index (κ3) is 1.76. The molecule has 0 radical (unpaired) electrons. The molecule has 0 saturated carbocycles. The van der Waals surface area contributed by atoms with Crippen molar-refractivity contribution in [2.75, 3.05) is 6.54 Å². The van der Waals surface area contributed by atoms with Crippen LogP contribution in [0.3, 0.4) is 0 Å². The lowest BCUT2D eigenvalue weighted by atomic mass is 9.83. The van der Waals surface area contributed by atoms with Gasteiger partial charge >= 0.3 is 0 Å². The Morgan fingerprint density at radius 3 is 3.00 bits per heavy atom. The molecule has 0 aromatic heterocycles. The average molecular weight is 191 g/mol. The van der Waals surface area contributed by atoms with Crippen LogP contribution >= 0.6 is 0 Å². The first-order valence-corrected chi connectivity index (χ1v) is 4.97. The van der Waals surface area contributed by atoms with E-state index in [9.17, 15) is 10.1 Å². The maximum atomic E-state index is 10.5. The van der Waals surface area contributed by atoms with Crippen molar-refractivity contribution < 1.29 is 4.92 Å². The molecule has 0 spiro atoms. The molecule has 3 heteroatoms. The Hall–Kier alpha value is -1.38. The number of nitro groups is 1. The van der Waals surface area contributed by atoms with Crippen LogP contribution in [0.5, 0.6) is 0 Å². The lowest BCUT2D eigenvalue weighted by Gasteiger charge is -2.22. The summed E-state index contributed by atoms with van der Waals surface area (Å²) >= 11 is 0. The molecule has 0 N–H and O–H groups in total. The molecular formula is C11H13NO2. The topological polar surface area (TPSA) is 43.1 Å². The highest BCUT2D eigenvalue weighted by Gasteiger charge is 2.23. The van der Waals surface area contributed by atoms with Gasteiger partial charge in [0.1, 0.15) is 0 Å². The van der Waals surface area contributed by atoms with Gasteiger partial charge in [0.15, 0.2) is 0 Å². The van der Waals surface area contributed by atoms with Crippen molar-refractivity contribution in [3.05, 3.63) is 45.5 Å². The quantitative estimate of drug-likeness (QED) is 0.532. The molecule has 0 fully saturated rings. The van der Waals surface area contributed by atoms with E-state index in [0.29, 0.717) is 0 Å². The molecule has 0 aliphatic heterocycles. The molecule has 1 unspecified atom stereocenters. The van der Waals surface area contributed by atoms with E-state index in [-0.39, 0.29) is 17.4 Å². The highest BCUT2D eigenvalue weighted by Crippen LogP contribution is 2.31. The predicted molar refractivity (Wildman–Crippen MR) is 54.0 cm³/mol. The van der Waals surface area contributed by atoms with E-state index in [1.165, 1.54) is 11.1 Å². The molecule has 1 aromatic carbocycles. The van der Waals surface area contributed by atoms with Crippen LogP contribution in [-0.2, 0) is 6.42 Å². The SMILES string of the molecule is O=[N+]([O-])CC1CCCc2ccccc21. The van der Waals surface area contributed by atoms with E-state index >= 15 is 0 Å². The minimum Gasteiger partial charge on any atom is -0.265 e. The first-order valence-electron chi connectivity index (χ1n) is 4.97. The van der Waals surface area contributed by atoms with Gasteiger partial charge in [-0.1, -0.05) is 24.3 Å². The number of benzene rings is 1. The molecule has 0 heterocycles. The number of hydrogen-bond acceptors (Lipinski definition) is 2. The predicted octanol–water partition coefficient (Wildman–Crippen LogP) is 2.38. The van der Waals surface area contributed by atoms with Crippen LogP contribution in [-0.4, -0.2) is 11.5 Å². The first kappa shape index (κ1) is 9.19. The zero-order chi connectivity index (χ0) is 9.97. The Morgan fingerprint density at radius 2 is 2.21 bits per heavy atom. The molecular weight excluding hydrogens is 178 g/mol. The molecule has 1 atom stereocenters. The summed E-state index contributed by atoms with van der Waals surface area (Å²) in [5.41, 5.74) is 2.49. The van der Waals surface area contributed by atoms with Crippen molar-refractivity contribution in [3.8, 4) is 0 Å². The molecule has 0 saturated heterocycles. The van der Waals surface area contributed by atoms with Crippen LogP contribution < -0.4 is 0 Å². The summed E-state index contributed by atoms with van der Waals surface area (Å²) < 4.78 is 0. The van der Waals surface area contributed by atoms with Gasteiger partial charge in [-0.15, -0.1) is 0 Å². The van der Waals surface area contributed by atoms with Gasteiger partial charge in [0, 0.05) is 10.8 Å². The van der Waals surface area contributed by atoms with Gasteiger partial charge in [-0.3, -0.25) is 10.1 Å². The standard InChI is InChI=1S/C11H13NO2/c13-12(14)8-10-6-3-5-9-4-1-2-7-11(9)10/h1-2,4,7,10H,3,5-6,8H2. The summed E-state index contributed by atoms with van der Waals surface area (Å²) in [6, 6.07) is 8.09. The fourth-order valence-corrected chi connectivity index (χ4v) is 2.22. The van der Waals surface area contributed by atoms with Gasteiger partial charge in [-0.05, 0) is 30.4 Å². The fourth-order valence-electron chi connectivity index (χ4n) is 2.22. The largest absolute Gasteiger partial charge is 0.265 e. The van der Waals surface area contributed by atoms with Crippen LogP contribution in [0.15, 0.2) is 24.3 Å². The lowest BCUT2D eigenvalue weighted by molar-refractivity contribution is -0.483. The van der Waals surface area contributed by atoms with Crippen molar-refractivity contribution in [2.45, 2.75) is 25.2 Å². The molecule has 1 aliphatic carbocycles. The minimum absolute atomic E-state index is 0.0804. The Kier molecular flexibility index (Phi) is 2.48. The zero-order valence-corrected chi connectivity index (χ0v) is 7.98. The molecule has 3 nitrogen and oxygen atoms in total. The number of rotatable bonds is 2. The van der Waals surface area contributed by atoms with Crippen LogP contribution in [0.1, 0.15) is 29.9 Å². The smallest absolute Gasteiger partial charge is 0.210 e. The summed E-state index contributed by atoms with van der Waals surface area (Å²) in [7, 11) is 0. The summed E-state index contributed by atoms with van der Waals surface area (Å²) in [5.74, 6) is 0.134. The monoisotopic (exact) mass is 191 g/mol. The first-order chi connectivity index (χ1) is 6.77. The van der Waals surface area contributed by atoms with Crippen molar-refractivity contribution in [1.82, 2.24) is 0 Å². The van der Waals surface area contributed by atoms with Crippen LogP contribution in [0.2, 0.25) is 0 Å². The molecule has 1 aromatic rings. The van der Waals surface area contributed by atoms with E-state index < -0.39 is 0 Å². The summed E-state index contributed by atoms with van der Waals surface area (Å²) in [6.45, 7) is 0.0804. The highest BCUT2D eigenvalue weighted by atomic mass is 16.6. The van der Waals surface area contributed by atoms with E-state index in [1.807, 2.05) is 18.2 Å². The van der Waals surface area contributed by atoms with Gasteiger partial charge in [0.2, 0.25) is 6.54 Å². The van der Waals surface area contributed by atoms with Crippen molar-refractivity contribution in [1.29, 1.82) is 0 Å². The summed E-state index contributed by atoms with van der Waals surface area (Å²) in [6.07, 6.45) is 3.11. The van der Waals surface area contributed by atoms with Crippen LogP contribution in [0.25, 0.3) is 0 Å². The minimum atomic E-state index is -0.202. The van der Waals surface area contributed by atoms with Crippen molar-refractivity contribution in [3.63, 3.8) is 0 Å². The maximum Gasteiger partial charge on any atom is 0.210 e. The van der Waals surface area contributed by atoms with Crippen molar-refractivity contribution in [2.24, 2.45) is 0 Å². The van der Waals surface area contributed by atoms with E-state index in [1.54, 1.807) is 0 Å². The Morgan fingerprint density at radius 1 is 1.43 bits per heavy atom. The second kappa shape index (κ2) is 3.78. The van der Waals surface area contributed by atoms with E-state index in [4.69, 9.17) is 0 Å². The maximum absolute atomic E-state index is 10.5. The van der Waals surface area contributed by atoms with Gasteiger partial charge in [0.05, 0.1) is 0 Å².